The lowest BCUT2D eigenvalue weighted by molar-refractivity contribution is 1.49. The van der Waals surface area contributed by atoms with Crippen molar-refractivity contribution in [2.24, 2.45) is 0 Å². The average Bonchev–Trinajstić information content (AvgIpc) is 2.19. The third-order valence-corrected chi connectivity index (χ3v) is 1.76. The van der Waals surface area contributed by atoms with E-state index in [9.17, 15) is 0 Å². The van der Waals surface area contributed by atoms with Crippen LogP contribution in [0.5, 0.6) is 0 Å². The summed E-state index contributed by atoms with van der Waals surface area (Å²) in [6, 6.07) is 11.9. The van der Waals surface area contributed by atoms with Crippen LogP contribution < -0.4 is 0 Å². The van der Waals surface area contributed by atoms with E-state index < -0.39 is 0 Å². The van der Waals surface area contributed by atoms with Gasteiger partial charge in [0.2, 0.25) is 0 Å². The van der Waals surface area contributed by atoms with Crippen LogP contribution in [0.4, 0.5) is 0 Å². The number of hydrogen-bond donors (Lipinski definition) is 0. The van der Waals surface area contributed by atoms with Gasteiger partial charge in [0, 0.05) is 5.57 Å². The zero-order valence-corrected chi connectivity index (χ0v) is 7.62. The predicted molar refractivity (Wildman–Crippen MR) is 54.8 cm³/mol. The van der Waals surface area contributed by atoms with Gasteiger partial charge in [-0.15, -0.1) is 0 Å². The highest BCUT2D eigenvalue weighted by molar-refractivity contribution is 5.67. The van der Waals surface area contributed by atoms with Gasteiger partial charge in [-0.1, -0.05) is 36.9 Å². The lowest BCUT2D eigenvalue weighted by atomic mass is 10.1. The lowest BCUT2D eigenvalue weighted by Crippen LogP contribution is -1.78. The second kappa shape index (κ2) is 4.27. The van der Waals surface area contributed by atoms with E-state index in [1.54, 1.807) is 6.08 Å². The molecule has 0 aliphatic heterocycles. The van der Waals surface area contributed by atoms with Crippen molar-refractivity contribution in [3.05, 3.63) is 54.1 Å². The topological polar surface area (TPSA) is 23.8 Å². The zero-order chi connectivity index (χ0) is 9.68. The Morgan fingerprint density at radius 1 is 1.38 bits per heavy atom. The number of allylic oxidation sites excluding steroid dienone is 3. The molecule has 1 rings (SSSR count). The molecule has 64 valence electrons. The molecule has 0 radical (unpaired) electrons. The summed E-state index contributed by atoms with van der Waals surface area (Å²) in [5.74, 6) is 0. The molecule has 0 fully saturated rings. The van der Waals surface area contributed by atoms with E-state index in [0.717, 1.165) is 11.1 Å². The smallest absolute Gasteiger partial charge is 0.0985 e. The molecule has 0 saturated heterocycles. The van der Waals surface area contributed by atoms with Crippen LogP contribution in [-0.2, 0) is 0 Å². The first-order chi connectivity index (χ1) is 6.24. The van der Waals surface area contributed by atoms with Gasteiger partial charge in [0.05, 0.1) is 6.07 Å². The van der Waals surface area contributed by atoms with Gasteiger partial charge in [0.1, 0.15) is 0 Å². The van der Waals surface area contributed by atoms with Crippen molar-refractivity contribution < 1.29 is 0 Å². The summed E-state index contributed by atoms with van der Waals surface area (Å²) < 4.78 is 0. The standard InChI is InChI=1S/C12H11N/c1-10(9-13)8-11(2)12-6-4-3-5-7-12/h3-8H,1H2,2H3. The molecule has 0 bridgehead atoms. The van der Waals surface area contributed by atoms with Crippen molar-refractivity contribution in [1.82, 2.24) is 0 Å². The Balaban J connectivity index is 2.93. The highest BCUT2D eigenvalue weighted by Gasteiger charge is 1.93. The Kier molecular flexibility index (Phi) is 3.05. The molecule has 0 amide bonds. The molecule has 0 unspecified atom stereocenters. The minimum Gasteiger partial charge on any atom is -0.192 e. The molecular weight excluding hydrogens is 158 g/mol. The van der Waals surface area contributed by atoms with Crippen molar-refractivity contribution in [1.29, 1.82) is 5.26 Å². The van der Waals surface area contributed by atoms with Crippen LogP contribution in [0.15, 0.2) is 48.6 Å². The van der Waals surface area contributed by atoms with Gasteiger partial charge in [-0.2, -0.15) is 5.26 Å². The minimum absolute atomic E-state index is 0.487. The van der Waals surface area contributed by atoms with Gasteiger partial charge in [-0.3, -0.25) is 0 Å². The molecular formula is C12H11N. The Labute approximate surface area is 78.6 Å². The summed E-state index contributed by atoms with van der Waals surface area (Å²) >= 11 is 0. The summed E-state index contributed by atoms with van der Waals surface area (Å²) in [6.45, 7) is 5.57. The van der Waals surface area contributed by atoms with Crippen LogP contribution in [0, 0.1) is 11.3 Å². The monoisotopic (exact) mass is 169 g/mol. The Morgan fingerprint density at radius 2 is 2.00 bits per heavy atom. The first kappa shape index (κ1) is 9.28. The van der Waals surface area contributed by atoms with Gasteiger partial charge in [0.15, 0.2) is 0 Å². The summed E-state index contributed by atoms with van der Waals surface area (Å²) in [4.78, 5) is 0. The number of benzene rings is 1. The van der Waals surface area contributed by atoms with E-state index in [4.69, 9.17) is 5.26 Å². The Bertz CT molecular complexity index is 366. The molecule has 0 atom stereocenters. The maximum absolute atomic E-state index is 8.54. The number of nitriles is 1. The van der Waals surface area contributed by atoms with E-state index in [2.05, 4.69) is 6.58 Å². The number of nitrogens with zero attached hydrogens (tertiary/aromatic N) is 1. The molecule has 0 saturated carbocycles. The minimum atomic E-state index is 0.487. The van der Waals surface area contributed by atoms with Gasteiger partial charge in [-0.05, 0) is 24.1 Å². The summed E-state index contributed by atoms with van der Waals surface area (Å²) in [5.41, 5.74) is 2.67. The fourth-order valence-electron chi connectivity index (χ4n) is 1.08. The molecule has 13 heavy (non-hydrogen) atoms. The van der Waals surface area contributed by atoms with Gasteiger partial charge in [0.25, 0.3) is 0 Å². The van der Waals surface area contributed by atoms with Crippen LogP contribution in [0.25, 0.3) is 5.57 Å². The van der Waals surface area contributed by atoms with Crippen LogP contribution in [-0.4, -0.2) is 0 Å². The summed E-state index contributed by atoms with van der Waals surface area (Å²) in [5, 5.41) is 8.54. The van der Waals surface area contributed by atoms with E-state index in [1.165, 1.54) is 0 Å². The Morgan fingerprint density at radius 3 is 2.54 bits per heavy atom. The van der Waals surface area contributed by atoms with Crippen molar-refractivity contribution >= 4 is 5.57 Å². The van der Waals surface area contributed by atoms with Crippen LogP contribution >= 0.6 is 0 Å². The maximum atomic E-state index is 8.54. The van der Waals surface area contributed by atoms with Crippen molar-refractivity contribution in [3.8, 4) is 6.07 Å². The first-order valence-electron chi connectivity index (χ1n) is 4.07. The normalized spacial score (nSPS) is 10.6. The lowest BCUT2D eigenvalue weighted by Gasteiger charge is -1.99. The van der Waals surface area contributed by atoms with E-state index in [-0.39, 0.29) is 0 Å². The van der Waals surface area contributed by atoms with Gasteiger partial charge in [-0.25, -0.2) is 0 Å². The zero-order valence-electron chi connectivity index (χ0n) is 7.62. The highest BCUT2D eigenvalue weighted by atomic mass is 14.2. The van der Waals surface area contributed by atoms with Crippen molar-refractivity contribution in [3.63, 3.8) is 0 Å². The molecule has 1 aromatic rings. The van der Waals surface area contributed by atoms with E-state index >= 15 is 0 Å². The van der Waals surface area contributed by atoms with E-state index in [0.29, 0.717) is 5.57 Å². The van der Waals surface area contributed by atoms with Crippen molar-refractivity contribution in [2.45, 2.75) is 6.92 Å². The van der Waals surface area contributed by atoms with Gasteiger partial charge >= 0.3 is 0 Å². The second-order valence-electron chi connectivity index (χ2n) is 2.83. The molecule has 0 spiro atoms. The summed E-state index contributed by atoms with van der Waals surface area (Å²) in [7, 11) is 0. The van der Waals surface area contributed by atoms with Crippen molar-refractivity contribution in [2.75, 3.05) is 0 Å². The molecule has 0 N–H and O–H groups in total. The third-order valence-electron chi connectivity index (χ3n) is 1.76. The quantitative estimate of drug-likeness (QED) is 0.492. The largest absolute Gasteiger partial charge is 0.192 e. The first-order valence-corrected chi connectivity index (χ1v) is 4.07. The second-order valence-corrected chi connectivity index (χ2v) is 2.83. The Hall–Kier alpha value is -1.81. The fraction of sp³-hybridized carbons (Fsp3) is 0.0833. The molecule has 1 heteroatoms. The molecule has 0 aliphatic rings. The fourth-order valence-corrected chi connectivity index (χ4v) is 1.08. The number of rotatable bonds is 2. The molecule has 0 heterocycles. The number of hydrogen-bond acceptors (Lipinski definition) is 1. The van der Waals surface area contributed by atoms with Crippen LogP contribution in [0.2, 0.25) is 0 Å². The van der Waals surface area contributed by atoms with Crippen LogP contribution in [0.3, 0.4) is 0 Å². The molecule has 1 aromatic carbocycles. The van der Waals surface area contributed by atoms with Gasteiger partial charge < -0.3 is 0 Å². The molecule has 0 aromatic heterocycles. The molecule has 1 nitrogen and oxygen atoms in total. The van der Waals surface area contributed by atoms with Crippen LogP contribution in [0.1, 0.15) is 12.5 Å². The third kappa shape index (κ3) is 2.61. The van der Waals surface area contributed by atoms with E-state index in [1.807, 2.05) is 43.3 Å². The average molecular weight is 169 g/mol. The maximum Gasteiger partial charge on any atom is 0.0985 e. The SMILES string of the molecule is C=C(C#N)C=C(C)c1ccccc1. The highest BCUT2D eigenvalue weighted by Crippen LogP contribution is 2.14. The molecule has 0 aliphatic carbocycles. The predicted octanol–water partition coefficient (Wildman–Crippen LogP) is 3.17. The summed E-state index contributed by atoms with van der Waals surface area (Å²) in [6.07, 6.45) is 1.79.